The normalized spacial score (nSPS) is 21.9. The number of fused-ring (bicyclic) bond motifs is 3. The molecule has 13 heteroatoms. The van der Waals surface area contributed by atoms with Gasteiger partial charge >= 0.3 is 0 Å². The number of amides is 1. The van der Waals surface area contributed by atoms with Crippen molar-refractivity contribution in [3.05, 3.63) is 81.3 Å². The molecule has 4 aromatic heterocycles. The van der Waals surface area contributed by atoms with E-state index in [0.29, 0.717) is 48.6 Å². The Morgan fingerprint density at radius 3 is 2.65 bits per heavy atom. The Bertz CT molecular complexity index is 2020. The summed E-state index contributed by atoms with van der Waals surface area (Å²) in [6.07, 6.45) is 6.94. The van der Waals surface area contributed by atoms with Gasteiger partial charge in [0.15, 0.2) is 12.1 Å². The lowest BCUT2D eigenvalue weighted by Crippen LogP contribution is -2.68. The molecule has 7 heterocycles. The molecule has 3 aliphatic heterocycles. The van der Waals surface area contributed by atoms with Gasteiger partial charge in [-0.3, -0.25) is 19.3 Å². The fraction of sp³-hybridized carbons (Fsp3) is 0.417. The van der Waals surface area contributed by atoms with E-state index in [9.17, 15) is 14.4 Å². The quantitative estimate of drug-likeness (QED) is 0.283. The lowest BCUT2D eigenvalue weighted by Gasteiger charge is -2.53. The van der Waals surface area contributed by atoms with Crippen molar-refractivity contribution in [3.63, 3.8) is 0 Å². The van der Waals surface area contributed by atoms with Crippen LogP contribution in [0, 0.1) is 5.82 Å². The molecule has 4 aromatic rings. The number of hydrogen-bond donors (Lipinski definition) is 2. The average Bonchev–Trinajstić information content (AvgIpc) is 3.38. The standard InChI is InChI=1S/C36H39FN8O4/c1-36(27-13-18-49-27)21-38-14-15-45(36)23-8-10-28(39-19-23)40-25-9-12-30(47)42(2)33(25)32-22(20-46)7-11-29(41-32)44-17-16-43-26-6-4-3-5-24(26)31(37)34(43)35(44)48/h7-12,19-20,27,38H,3-6,13-18,21H2,1-2H3,(H,39,40)/t27?,36-/m0/s1. The molecule has 12 nitrogen and oxygen atoms in total. The minimum atomic E-state index is -0.468. The van der Waals surface area contributed by atoms with Crippen LogP contribution in [0.2, 0.25) is 0 Å². The van der Waals surface area contributed by atoms with Gasteiger partial charge in [-0.25, -0.2) is 14.4 Å². The van der Waals surface area contributed by atoms with Crippen molar-refractivity contribution in [2.45, 2.75) is 57.2 Å². The summed E-state index contributed by atoms with van der Waals surface area (Å²) in [5.74, 6) is -0.0997. The molecule has 49 heavy (non-hydrogen) atoms. The summed E-state index contributed by atoms with van der Waals surface area (Å²) in [4.78, 5) is 52.4. The Hall–Kier alpha value is -4.88. The van der Waals surface area contributed by atoms with Crippen molar-refractivity contribution in [1.29, 1.82) is 0 Å². The first-order valence-corrected chi connectivity index (χ1v) is 17.0. The largest absolute Gasteiger partial charge is 0.376 e. The van der Waals surface area contributed by atoms with Gasteiger partial charge in [-0.15, -0.1) is 0 Å². The number of nitrogens with one attached hydrogen (secondary N) is 2. The predicted octanol–water partition coefficient (Wildman–Crippen LogP) is 3.84. The van der Waals surface area contributed by atoms with Crippen molar-refractivity contribution in [2.24, 2.45) is 7.05 Å². The molecule has 2 fully saturated rings. The number of carbonyl (C=O) groups is 2. The van der Waals surface area contributed by atoms with Crippen LogP contribution in [0.25, 0.3) is 11.4 Å². The zero-order chi connectivity index (χ0) is 33.9. The summed E-state index contributed by atoms with van der Waals surface area (Å²) in [7, 11) is 1.61. The molecular weight excluding hydrogens is 627 g/mol. The van der Waals surface area contributed by atoms with Crippen molar-refractivity contribution < 1.29 is 18.7 Å². The first kappa shape index (κ1) is 31.4. The molecule has 2 saturated heterocycles. The Labute approximate surface area is 282 Å². The van der Waals surface area contributed by atoms with Gasteiger partial charge in [0.1, 0.15) is 23.0 Å². The summed E-state index contributed by atoms with van der Waals surface area (Å²) in [6, 6.07) is 10.1. The maximum atomic E-state index is 15.6. The molecule has 254 valence electrons. The van der Waals surface area contributed by atoms with E-state index in [4.69, 9.17) is 14.7 Å². The van der Waals surface area contributed by atoms with Crippen molar-refractivity contribution >= 4 is 35.2 Å². The van der Waals surface area contributed by atoms with E-state index >= 15 is 4.39 Å². The number of ether oxygens (including phenoxy) is 1. The maximum Gasteiger partial charge on any atom is 0.279 e. The third-order valence-electron chi connectivity index (χ3n) is 10.7. The number of aromatic nitrogens is 4. The second kappa shape index (κ2) is 12.2. The van der Waals surface area contributed by atoms with Gasteiger partial charge in [-0.2, -0.15) is 0 Å². The second-order valence-electron chi connectivity index (χ2n) is 13.5. The number of piperazine rings is 1. The SMILES string of the molecule is Cn1c(-c2nc(N3CCn4c5c(c(F)c4C3=O)CCCC5)ccc2C=O)c(Nc2ccc(N3CCNC[C@@]3(C)C3CCO3)cn2)ccc1=O. The van der Waals surface area contributed by atoms with Crippen LogP contribution in [0.4, 0.5) is 27.4 Å². The number of rotatable bonds is 7. The van der Waals surface area contributed by atoms with Crippen LogP contribution in [-0.2, 0) is 31.2 Å². The molecule has 2 atom stereocenters. The summed E-state index contributed by atoms with van der Waals surface area (Å²) < 4.78 is 24.7. The highest BCUT2D eigenvalue weighted by Crippen LogP contribution is 2.37. The van der Waals surface area contributed by atoms with Gasteiger partial charge in [-0.05, 0) is 69.4 Å². The van der Waals surface area contributed by atoms with Gasteiger partial charge in [0.05, 0.1) is 34.9 Å². The third-order valence-corrected chi connectivity index (χ3v) is 10.7. The lowest BCUT2D eigenvalue weighted by molar-refractivity contribution is -0.0938. The van der Waals surface area contributed by atoms with E-state index < -0.39 is 11.7 Å². The molecule has 8 rings (SSSR count). The van der Waals surface area contributed by atoms with Crippen LogP contribution in [0.3, 0.4) is 0 Å². The first-order valence-electron chi connectivity index (χ1n) is 17.0. The monoisotopic (exact) mass is 666 g/mol. The van der Waals surface area contributed by atoms with E-state index in [2.05, 4.69) is 22.5 Å². The van der Waals surface area contributed by atoms with Gasteiger partial charge in [-0.1, -0.05) is 0 Å². The van der Waals surface area contributed by atoms with Crippen LogP contribution < -0.4 is 26.0 Å². The number of pyridine rings is 3. The van der Waals surface area contributed by atoms with Gasteiger partial charge in [0, 0.05) is 69.3 Å². The summed E-state index contributed by atoms with van der Waals surface area (Å²) in [6.45, 7) is 6.25. The highest BCUT2D eigenvalue weighted by molar-refractivity contribution is 6.06. The van der Waals surface area contributed by atoms with E-state index in [1.807, 2.05) is 22.9 Å². The highest BCUT2D eigenvalue weighted by atomic mass is 19.1. The topological polar surface area (TPSA) is 127 Å². The minimum absolute atomic E-state index is 0.0614. The molecular formula is C36H39FN8O4. The number of halogens is 1. The summed E-state index contributed by atoms with van der Waals surface area (Å²) in [5, 5.41) is 6.83. The zero-order valence-corrected chi connectivity index (χ0v) is 27.7. The van der Waals surface area contributed by atoms with E-state index in [0.717, 1.165) is 63.3 Å². The summed E-state index contributed by atoms with van der Waals surface area (Å²) >= 11 is 0. The second-order valence-corrected chi connectivity index (χ2v) is 13.5. The predicted molar refractivity (Wildman–Crippen MR) is 184 cm³/mol. The fourth-order valence-corrected chi connectivity index (χ4v) is 7.92. The van der Waals surface area contributed by atoms with Gasteiger partial charge < -0.3 is 29.4 Å². The zero-order valence-electron chi connectivity index (χ0n) is 27.7. The van der Waals surface area contributed by atoms with E-state index in [1.165, 1.54) is 15.5 Å². The van der Waals surface area contributed by atoms with Gasteiger partial charge in [0.25, 0.3) is 11.5 Å². The van der Waals surface area contributed by atoms with E-state index in [1.54, 1.807) is 25.2 Å². The molecule has 0 radical (unpaired) electrons. The smallest absolute Gasteiger partial charge is 0.279 e. The fourth-order valence-electron chi connectivity index (χ4n) is 7.92. The lowest BCUT2D eigenvalue weighted by atomic mass is 9.85. The van der Waals surface area contributed by atoms with Crippen LogP contribution in [0.5, 0.6) is 0 Å². The minimum Gasteiger partial charge on any atom is -0.376 e. The van der Waals surface area contributed by atoms with Crippen molar-refractivity contribution in [2.75, 3.05) is 47.9 Å². The third kappa shape index (κ3) is 5.14. The molecule has 0 spiro atoms. The number of anilines is 4. The first-order chi connectivity index (χ1) is 23.8. The molecule has 0 bridgehead atoms. The van der Waals surface area contributed by atoms with E-state index in [-0.39, 0.29) is 40.0 Å². The van der Waals surface area contributed by atoms with Gasteiger partial charge in [0.2, 0.25) is 0 Å². The summed E-state index contributed by atoms with van der Waals surface area (Å²) in [5.41, 5.74) is 3.43. The molecule has 1 amide bonds. The number of nitrogens with zero attached hydrogens (tertiary/aromatic N) is 6. The highest BCUT2D eigenvalue weighted by Gasteiger charge is 2.45. The number of carbonyl (C=O) groups excluding carboxylic acids is 2. The number of hydrogen-bond acceptors (Lipinski definition) is 9. The maximum absolute atomic E-state index is 15.6. The van der Waals surface area contributed by atoms with Crippen molar-refractivity contribution in [3.8, 4) is 11.4 Å². The van der Waals surface area contributed by atoms with Crippen LogP contribution in [0.15, 0.2) is 47.4 Å². The molecule has 0 aromatic carbocycles. The molecule has 2 N–H and O–H groups in total. The number of aldehydes is 1. The Morgan fingerprint density at radius 1 is 1.06 bits per heavy atom. The molecule has 4 aliphatic rings. The van der Waals surface area contributed by atoms with Crippen LogP contribution >= 0.6 is 0 Å². The Kier molecular flexibility index (Phi) is 7.83. The van der Waals surface area contributed by atoms with Crippen LogP contribution in [-0.4, -0.2) is 75.7 Å². The molecule has 1 aliphatic carbocycles. The molecule has 1 unspecified atom stereocenters. The Balaban J connectivity index is 1.12. The average molecular weight is 667 g/mol. The molecule has 0 saturated carbocycles. The van der Waals surface area contributed by atoms with Crippen molar-refractivity contribution in [1.82, 2.24) is 24.4 Å². The van der Waals surface area contributed by atoms with Crippen LogP contribution in [0.1, 0.15) is 58.3 Å². The Morgan fingerprint density at radius 2 is 1.90 bits per heavy atom.